The molecule has 326 valence electrons. The smallest absolute Gasteiger partial charge is 0.328 e. The second-order valence-corrected chi connectivity index (χ2v) is 17.5. The molecule has 0 radical (unpaired) electrons. The molecule has 3 N–H and O–H groups in total. The van der Waals surface area contributed by atoms with Crippen molar-refractivity contribution in [3.05, 3.63) is 96.0 Å². The number of urea groups is 1. The number of amides is 4. The Balaban J connectivity index is 0.703. The van der Waals surface area contributed by atoms with Gasteiger partial charge >= 0.3 is 6.03 Å². The first-order chi connectivity index (χ1) is 30.5. The third kappa shape index (κ3) is 7.59. The van der Waals surface area contributed by atoms with Gasteiger partial charge < -0.3 is 15.3 Å². The average molecular weight is 862 g/mol. The molecule has 6 heterocycles. The number of hydrogen-bond acceptors (Lipinski definition) is 10. The molecule has 2 bridgehead atoms. The number of fused-ring (bicyclic) bond motifs is 5. The van der Waals surface area contributed by atoms with Crippen molar-refractivity contribution in [1.82, 2.24) is 44.9 Å². The number of aryl methyl sites for hydroxylation is 1. The van der Waals surface area contributed by atoms with Crippen LogP contribution < -0.4 is 20.4 Å². The van der Waals surface area contributed by atoms with Crippen molar-refractivity contribution in [2.75, 3.05) is 55.6 Å². The molecule has 18 heteroatoms. The van der Waals surface area contributed by atoms with Crippen LogP contribution in [0.2, 0.25) is 0 Å². The molecule has 3 saturated carbocycles. The summed E-state index contributed by atoms with van der Waals surface area (Å²) >= 11 is 0. The van der Waals surface area contributed by atoms with Gasteiger partial charge in [-0.3, -0.25) is 29.4 Å². The Morgan fingerprint density at radius 1 is 0.857 bits per heavy atom. The summed E-state index contributed by atoms with van der Waals surface area (Å²) in [4.78, 5) is 52.4. The molecule has 15 nitrogen and oxygen atoms in total. The molecular weight excluding hydrogens is 816 g/mol. The molecule has 11 rings (SSSR count). The first kappa shape index (κ1) is 40.5. The van der Waals surface area contributed by atoms with Crippen LogP contribution in [0.4, 0.5) is 29.6 Å². The Labute approximate surface area is 359 Å². The summed E-state index contributed by atoms with van der Waals surface area (Å²) < 4.78 is 46.0. The number of nitrogens with one attached hydrogen (secondary N) is 2. The van der Waals surface area contributed by atoms with Gasteiger partial charge in [0.2, 0.25) is 17.7 Å². The topological polar surface area (TPSA) is 166 Å². The first-order valence-corrected chi connectivity index (χ1v) is 21.5. The fourth-order valence-electron chi connectivity index (χ4n) is 9.88. The number of hydrogen-bond donors (Lipinski definition) is 3. The predicted molar refractivity (Wildman–Crippen MR) is 227 cm³/mol. The van der Waals surface area contributed by atoms with E-state index in [1.165, 1.54) is 0 Å². The Kier molecular flexibility index (Phi) is 10.3. The minimum absolute atomic E-state index is 0.156. The summed E-state index contributed by atoms with van der Waals surface area (Å²) in [6, 6.07) is 10.4. The number of nitrogens with zero attached hydrogens (tertiary/aromatic N) is 9. The highest BCUT2D eigenvalue weighted by atomic mass is 19.2. The molecule has 5 aliphatic rings. The Hall–Kier alpha value is -6.56. The number of pyridine rings is 1. The number of aromatic hydroxyl groups is 1. The highest BCUT2D eigenvalue weighted by Crippen LogP contribution is 2.55. The van der Waals surface area contributed by atoms with Crippen molar-refractivity contribution in [2.24, 2.45) is 5.41 Å². The maximum atomic E-state index is 14.3. The molecule has 0 spiro atoms. The highest BCUT2D eigenvalue weighted by molar-refractivity contribution is 6.07. The molecule has 4 amide bonds. The maximum absolute atomic E-state index is 14.3. The van der Waals surface area contributed by atoms with Crippen LogP contribution in [0.15, 0.2) is 67.4 Å². The Bertz CT molecular complexity index is 2740. The minimum atomic E-state index is -1.78. The number of benzene rings is 2. The van der Waals surface area contributed by atoms with Gasteiger partial charge in [0.1, 0.15) is 0 Å². The van der Waals surface area contributed by atoms with Crippen LogP contribution in [0.1, 0.15) is 67.3 Å². The standard InChI is InChI=1S/C45H46F3N11O4/c46-33-21-32(38(47)39(48)40(33)61)41(62)51-27-44-8-11-45(12-9-44,13-10-44)59-26-30-5-4-29(20-34(30)54-59)31-22-49-42(50-23-31)56-18-16-55(17-19-56)14-1-2-28-3-6-35-36(24-52-58(35)25-28)57-15-7-37(60)53-43(57)63/h3-6,20-26,61H,1-2,7-19,27H2,(H,51,62)(H,53,60,63). The van der Waals surface area contributed by atoms with Crippen LogP contribution in [0.5, 0.6) is 5.75 Å². The quantitative estimate of drug-likeness (QED) is 0.133. The lowest BCUT2D eigenvalue weighted by atomic mass is 9.57. The second kappa shape index (κ2) is 16.0. The zero-order valence-corrected chi connectivity index (χ0v) is 34.5. The van der Waals surface area contributed by atoms with Gasteiger partial charge in [-0.1, -0.05) is 18.2 Å². The number of carbonyl (C=O) groups is 3. The third-order valence-electron chi connectivity index (χ3n) is 13.8. The monoisotopic (exact) mass is 861 g/mol. The van der Waals surface area contributed by atoms with Gasteiger partial charge in [-0.2, -0.15) is 14.6 Å². The summed E-state index contributed by atoms with van der Waals surface area (Å²) in [6.45, 7) is 5.07. The van der Waals surface area contributed by atoms with Crippen molar-refractivity contribution >= 4 is 45.9 Å². The van der Waals surface area contributed by atoms with E-state index in [9.17, 15) is 32.7 Å². The molecule has 3 aliphatic carbocycles. The molecule has 63 heavy (non-hydrogen) atoms. The van der Waals surface area contributed by atoms with Gasteiger partial charge in [-0.15, -0.1) is 0 Å². The van der Waals surface area contributed by atoms with Gasteiger partial charge in [0.05, 0.1) is 34.0 Å². The number of rotatable bonds is 11. The van der Waals surface area contributed by atoms with E-state index < -0.39 is 40.7 Å². The fourth-order valence-corrected chi connectivity index (χ4v) is 9.88. The van der Waals surface area contributed by atoms with Crippen LogP contribution >= 0.6 is 0 Å². The zero-order valence-electron chi connectivity index (χ0n) is 34.5. The molecule has 4 aromatic heterocycles. The molecule has 2 saturated heterocycles. The second-order valence-electron chi connectivity index (χ2n) is 17.5. The van der Waals surface area contributed by atoms with Gasteiger partial charge in [0, 0.05) is 81.4 Å². The van der Waals surface area contributed by atoms with Gasteiger partial charge in [-0.25, -0.2) is 28.1 Å². The molecule has 5 fully saturated rings. The Morgan fingerprint density at radius 2 is 1.62 bits per heavy atom. The number of imide groups is 1. The molecule has 2 aliphatic heterocycles. The molecular formula is C45H46F3N11O4. The van der Waals surface area contributed by atoms with Crippen LogP contribution in [0.3, 0.4) is 0 Å². The SMILES string of the molecule is O=C1CCN(c2cnn3cc(CCCN4CCN(c5ncc(-c6ccc7cn(C89CCC(CNC(=O)c%10cc(F)c(O)c(F)c%10F)(CC8)CC9)nc7c6)cn5)CC4)ccc23)C(=O)N1. The molecule has 2 aromatic carbocycles. The summed E-state index contributed by atoms with van der Waals surface area (Å²) in [5.41, 5.74) is 4.32. The lowest BCUT2D eigenvalue weighted by Crippen LogP contribution is -2.51. The van der Waals surface area contributed by atoms with E-state index in [1.54, 1.807) is 15.6 Å². The summed E-state index contributed by atoms with van der Waals surface area (Å²) in [5.74, 6) is -6.64. The Morgan fingerprint density at radius 3 is 2.37 bits per heavy atom. The predicted octanol–water partition coefficient (Wildman–Crippen LogP) is 5.94. The van der Waals surface area contributed by atoms with Gasteiger partial charge in [0.25, 0.3) is 5.91 Å². The van der Waals surface area contributed by atoms with E-state index in [0.29, 0.717) is 24.2 Å². The highest BCUT2D eigenvalue weighted by Gasteiger charge is 2.50. The normalized spacial score (nSPS) is 21.7. The van der Waals surface area contributed by atoms with Crippen LogP contribution in [0.25, 0.3) is 27.5 Å². The van der Waals surface area contributed by atoms with Crippen LogP contribution in [-0.2, 0) is 16.8 Å². The van der Waals surface area contributed by atoms with Crippen molar-refractivity contribution in [1.29, 1.82) is 0 Å². The number of carbonyl (C=O) groups excluding carboxylic acids is 3. The molecule has 0 unspecified atom stereocenters. The largest absolute Gasteiger partial charge is 0.503 e. The number of phenols is 1. The van der Waals surface area contributed by atoms with Crippen LogP contribution in [0, 0.1) is 22.9 Å². The van der Waals surface area contributed by atoms with E-state index in [2.05, 4.69) is 60.7 Å². The molecule has 0 atom stereocenters. The van der Waals surface area contributed by atoms with Gasteiger partial charge in [-0.05, 0) is 92.7 Å². The van der Waals surface area contributed by atoms with Crippen molar-refractivity contribution in [3.63, 3.8) is 0 Å². The maximum Gasteiger partial charge on any atom is 0.328 e. The number of phenolic OH excluding ortho intramolecular Hbond substituents is 1. The fraction of sp³-hybridized carbons (Fsp3) is 0.400. The zero-order chi connectivity index (χ0) is 43.5. The summed E-state index contributed by atoms with van der Waals surface area (Å²) in [6.07, 6.45) is 16.7. The van der Waals surface area contributed by atoms with E-state index in [1.807, 2.05) is 24.7 Å². The summed E-state index contributed by atoms with van der Waals surface area (Å²) in [5, 5.41) is 25.0. The average Bonchev–Trinajstić information content (AvgIpc) is 3.94. The van der Waals surface area contributed by atoms with E-state index >= 15 is 0 Å². The summed E-state index contributed by atoms with van der Waals surface area (Å²) in [7, 11) is 0. The third-order valence-corrected chi connectivity index (χ3v) is 13.8. The van der Waals surface area contributed by atoms with E-state index in [4.69, 9.17) is 15.1 Å². The number of halogens is 3. The number of piperazine rings is 1. The minimum Gasteiger partial charge on any atom is -0.503 e. The van der Waals surface area contributed by atoms with E-state index in [0.717, 1.165) is 117 Å². The van der Waals surface area contributed by atoms with Crippen molar-refractivity contribution in [2.45, 2.75) is 63.3 Å². The number of aromatic nitrogens is 6. The lowest BCUT2D eigenvalue weighted by Gasteiger charge is -2.53. The lowest BCUT2D eigenvalue weighted by molar-refractivity contribution is -0.120. The van der Waals surface area contributed by atoms with E-state index in [-0.39, 0.29) is 29.8 Å². The first-order valence-electron chi connectivity index (χ1n) is 21.5. The van der Waals surface area contributed by atoms with Crippen LogP contribution in [-0.4, -0.2) is 103 Å². The molecule has 6 aromatic rings. The number of anilines is 2. The van der Waals surface area contributed by atoms with Gasteiger partial charge in [0.15, 0.2) is 17.4 Å². The van der Waals surface area contributed by atoms with Crippen molar-refractivity contribution in [3.8, 4) is 16.9 Å². The van der Waals surface area contributed by atoms with Crippen molar-refractivity contribution < 1.29 is 32.7 Å².